The Morgan fingerprint density at radius 1 is 1.30 bits per heavy atom. The van der Waals surface area contributed by atoms with E-state index >= 15 is 0 Å². The first-order valence-electron chi connectivity index (χ1n) is 6.59. The summed E-state index contributed by atoms with van der Waals surface area (Å²) in [4.78, 5) is 11.4. The van der Waals surface area contributed by atoms with Crippen LogP contribution in [0.25, 0.3) is 0 Å². The summed E-state index contributed by atoms with van der Waals surface area (Å²) in [5.74, 6) is -0.659. The molecule has 20 heavy (non-hydrogen) atoms. The molecule has 5 nitrogen and oxygen atoms in total. The molecule has 110 valence electrons. The third-order valence-corrected chi connectivity index (χ3v) is 4.34. The second kappa shape index (κ2) is 6.37. The van der Waals surface area contributed by atoms with E-state index in [4.69, 9.17) is 8.92 Å². The fourth-order valence-electron chi connectivity index (χ4n) is 1.98. The smallest absolute Gasteiger partial charge is 0.309 e. The van der Waals surface area contributed by atoms with Gasteiger partial charge in [0.15, 0.2) is 0 Å². The highest BCUT2D eigenvalue weighted by atomic mass is 32.2. The lowest BCUT2D eigenvalue weighted by Crippen LogP contribution is -2.13. The van der Waals surface area contributed by atoms with Gasteiger partial charge in [-0.2, -0.15) is 8.42 Å². The molecule has 0 saturated heterocycles. The Morgan fingerprint density at radius 2 is 2.00 bits per heavy atom. The molecule has 0 N–H and O–H groups in total. The first-order chi connectivity index (χ1) is 9.52. The molecule has 1 saturated carbocycles. The maximum absolute atomic E-state index is 11.8. The first kappa shape index (κ1) is 15.0. The van der Waals surface area contributed by atoms with Crippen LogP contribution in [0.4, 0.5) is 0 Å². The highest BCUT2D eigenvalue weighted by Gasteiger charge is 2.45. The van der Waals surface area contributed by atoms with Gasteiger partial charge in [0.1, 0.15) is 5.75 Å². The van der Waals surface area contributed by atoms with Gasteiger partial charge in [-0.15, -0.1) is 0 Å². The number of ether oxygens (including phenoxy) is 1. The van der Waals surface area contributed by atoms with E-state index in [2.05, 4.69) is 0 Å². The number of carbonyl (C=O) groups is 1. The standard InChI is InChI=1S/C14H18O5S/c1-2-18-14(15)13-8-12(13)9-19-20(16,17)10-11-6-4-3-5-7-11/h3-7,12-13H,2,8-10H2,1H3. The largest absolute Gasteiger partial charge is 0.466 e. The van der Waals surface area contributed by atoms with Gasteiger partial charge in [0.2, 0.25) is 0 Å². The molecule has 1 aliphatic carbocycles. The molecule has 1 fully saturated rings. The minimum Gasteiger partial charge on any atom is -0.466 e. The molecule has 1 aromatic rings. The molecule has 1 aromatic carbocycles. The van der Waals surface area contributed by atoms with Crippen LogP contribution in [0.3, 0.4) is 0 Å². The summed E-state index contributed by atoms with van der Waals surface area (Å²) in [6.45, 7) is 2.14. The zero-order valence-electron chi connectivity index (χ0n) is 11.3. The van der Waals surface area contributed by atoms with Gasteiger partial charge < -0.3 is 4.74 Å². The van der Waals surface area contributed by atoms with E-state index in [1.54, 1.807) is 31.2 Å². The number of carbonyl (C=O) groups excluding carboxylic acids is 1. The molecule has 0 aliphatic heterocycles. The van der Waals surface area contributed by atoms with Gasteiger partial charge in [-0.05, 0) is 24.8 Å². The van der Waals surface area contributed by atoms with Crippen LogP contribution in [0.15, 0.2) is 30.3 Å². The van der Waals surface area contributed by atoms with E-state index < -0.39 is 10.1 Å². The van der Waals surface area contributed by atoms with E-state index in [1.807, 2.05) is 6.07 Å². The van der Waals surface area contributed by atoms with Gasteiger partial charge in [-0.1, -0.05) is 30.3 Å². The summed E-state index contributed by atoms with van der Waals surface area (Å²) in [5, 5.41) is 0. The van der Waals surface area contributed by atoms with Crippen molar-refractivity contribution < 1.29 is 22.1 Å². The number of rotatable bonds is 7. The summed E-state index contributed by atoms with van der Waals surface area (Å²) in [6.07, 6.45) is 0.639. The Balaban J connectivity index is 1.78. The summed E-state index contributed by atoms with van der Waals surface area (Å²) >= 11 is 0. The van der Waals surface area contributed by atoms with Crippen molar-refractivity contribution in [1.29, 1.82) is 0 Å². The van der Waals surface area contributed by atoms with Crippen molar-refractivity contribution >= 4 is 16.1 Å². The summed E-state index contributed by atoms with van der Waals surface area (Å²) in [6, 6.07) is 8.86. The van der Waals surface area contributed by atoms with E-state index in [1.165, 1.54) is 0 Å². The molecular weight excluding hydrogens is 280 g/mol. The van der Waals surface area contributed by atoms with Gasteiger partial charge in [0.25, 0.3) is 10.1 Å². The second-order valence-corrected chi connectivity index (χ2v) is 6.47. The maximum atomic E-state index is 11.8. The Morgan fingerprint density at radius 3 is 2.65 bits per heavy atom. The molecule has 2 atom stereocenters. The topological polar surface area (TPSA) is 69.7 Å². The minimum absolute atomic E-state index is 0.0420. The summed E-state index contributed by atoms with van der Waals surface area (Å²) in [5.41, 5.74) is 0.685. The molecule has 0 aromatic heterocycles. The van der Waals surface area contributed by atoms with Crippen LogP contribution in [-0.2, 0) is 29.6 Å². The monoisotopic (exact) mass is 298 g/mol. The van der Waals surface area contributed by atoms with Crippen LogP contribution < -0.4 is 0 Å². The Labute approximate surface area is 119 Å². The molecule has 0 radical (unpaired) electrons. The predicted octanol–water partition coefficient (Wildman–Crippen LogP) is 1.73. The Bertz CT molecular complexity index is 552. The van der Waals surface area contributed by atoms with E-state index in [0.29, 0.717) is 18.6 Å². The molecule has 0 spiro atoms. The molecular formula is C14H18O5S. The molecule has 1 aliphatic rings. The minimum atomic E-state index is -3.60. The Hall–Kier alpha value is -1.40. The normalized spacial score (nSPS) is 21.4. The molecule has 0 amide bonds. The van der Waals surface area contributed by atoms with Gasteiger partial charge in [0.05, 0.1) is 19.1 Å². The van der Waals surface area contributed by atoms with Crippen molar-refractivity contribution in [1.82, 2.24) is 0 Å². The van der Waals surface area contributed by atoms with Crippen LogP contribution in [0, 0.1) is 11.8 Å². The zero-order valence-corrected chi connectivity index (χ0v) is 12.1. The van der Waals surface area contributed by atoms with Crippen molar-refractivity contribution in [2.45, 2.75) is 19.1 Å². The van der Waals surface area contributed by atoms with Crippen molar-refractivity contribution in [3.63, 3.8) is 0 Å². The summed E-state index contributed by atoms with van der Waals surface area (Å²) < 4.78 is 33.5. The van der Waals surface area contributed by atoms with Crippen molar-refractivity contribution in [2.24, 2.45) is 11.8 Å². The fourth-order valence-corrected chi connectivity index (χ4v) is 3.05. The average Bonchev–Trinajstić information content (AvgIpc) is 3.17. The Kier molecular flexibility index (Phi) is 4.77. The van der Waals surface area contributed by atoms with Gasteiger partial charge in [0, 0.05) is 0 Å². The van der Waals surface area contributed by atoms with Crippen molar-refractivity contribution in [3.8, 4) is 0 Å². The fraction of sp³-hybridized carbons (Fsp3) is 0.500. The highest BCUT2D eigenvalue weighted by molar-refractivity contribution is 7.85. The van der Waals surface area contributed by atoms with Crippen molar-refractivity contribution in [3.05, 3.63) is 35.9 Å². The second-order valence-electron chi connectivity index (χ2n) is 4.83. The lowest BCUT2D eigenvalue weighted by atomic mass is 10.2. The number of hydrogen-bond acceptors (Lipinski definition) is 5. The quantitative estimate of drug-likeness (QED) is 0.566. The first-order valence-corrected chi connectivity index (χ1v) is 8.17. The maximum Gasteiger partial charge on any atom is 0.309 e. The van der Waals surface area contributed by atoms with Crippen LogP contribution in [-0.4, -0.2) is 27.6 Å². The number of esters is 1. The molecule has 0 bridgehead atoms. The molecule has 6 heteroatoms. The van der Waals surface area contributed by atoms with Crippen molar-refractivity contribution in [2.75, 3.05) is 13.2 Å². The van der Waals surface area contributed by atoms with E-state index in [9.17, 15) is 13.2 Å². The highest BCUT2D eigenvalue weighted by Crippen LogP contribution is 2.40. The third-order valence-electron chi connectivity index (χ3n) is 3.16. The van der Waals surface area contributed by atoms with Crippen LogP contribution in [0.1, 0.15) is 18.9 Å². The number of benzene rings is 1. The third kappa shape index (κ3) is 4.31. The van der Waals surface area contributed by atoms with Gasteiger partial charge >= 0.3 is 5.97 Å². The van der Waals surface area contributed by atoms with Gasteiger partial charge in [-0.3, -0.25) is 8.98 Å². The van der Waals surface area contributed by atoms with Gasteiger partial charge in [-0.25, -0.2) is 0 Å². The molecule has 2 rings (SSSR count). The van der Waals surface area contributed by atoms with E-state index in [0.717, 1.165) is 0 Å². The molecule has 2 unspecified atom stereocenters. The zero-order chi connectivity index (χ0) is 14.6. The lowest BCUT2D eigenvalue weighted by molar-refractivity contribution is -0.145. The van der Waals surface area contributed by atoms with Crippen LogP contribution in [0.5, 0.6) is 0 Å². The predicted molar refractivity (Wildman–Crippen MR) is 73.2 cm³/mol. The van der Waals surface area contributed by atoms with Crippen LogP contribution in [0.2, 0.25) is 0 Å². The number of hydrogen-bond donors (Lipinski definition) is 0. The SMILES string of the molecule is CCOC(=O)C1CC1COS(=O)(=O)Cc1ccccc1. The van der Waals surface area contributed by atoms with Crippen LogP contribution >= 0.6 is 0 Å². The van der Waals surface area contributed by atoms with E-state index in [-0.39, 0.29) is 30.2 Å². The molecule has 0 heterocycles. The summed E-state index contributed by atoms with van der Waals surface area (Å²) in [7, 11) is -3.60. The lowest BCUT2D eigenvalue weighted by Gasteiger charge is -2.05. The average molecular weight is 298 g/mol.